The standard InChI is InChI=1S/C17H25FN2O4S/c1-17(2,3)24-16(21)20-10-4-5-15(11-20)19-25(22,23)12-13-6-8-14(18)9-7-13/h6-9,15,19H,4-5,10-12H2,1-3H3. The number of benzene rings is 1. The number of amides is 1. The summed E-state index contributed by atoms with van der Waals surface area (Å²) in [5.41, 5.74) is -0.0831. The third-order valence-corrected chi connectivity index (χ3v) is 5.10. The summed E-state index contributed by atoms with van der Waals surface area (Å²) in [5.74, 6) is -0.634. The zero-order chi connectivity index (χ0) is 18.7. The van der Waals surface area contributed by atoms with Crippen LogP contribution in [0.25, 0.3) is 0 Å². The van der Waals surface area contributed by atoms with E-state index in [1.165, 1.54) is 29.2 Å². The van der Waals surface area contributed by atoms with Gasteiger partial charge < -0.3 is 9.64 Å². The summed E-state index contributed by atoms with van der Waals surface area (Å²) in [6.07, 6.45) is 0.917. The van der Waals surface area contributed by atoms with Crippen molar-refractivity contribution in [3.8, 4) is 0 Å². The van der Waals surface area contributed by atoms with Crippen LogP contribution < -0.4 is 4.72 Å². The number of nitrogens with zero attached hydrogens (tertiary/aromatic N) is 1. The van der Waals surface area contributed by atoms with Crippen molar-refractivity contribution in [2.45, 2.75) is 51.0 Å². The van der Waals surface area contributed by atoms with Gasteiger partial charge in [0.15, 0.2) is 0 Å². The summed E-state index contributed by atoms with van der Waals surface area (Å²) in [4.78, 5) is 13.7. The Morgan fingerprint density at radius 2 is 1.96 bits per heavy atom. The number of rotatable bonds is 4. The van der Waals surface area contributed by atoms with Crippen LogP contribution in [-0.2, 0) is 20.5 Å². The molecule has 1 aromatic carbocycles. The summed E-state index contributed by atoms with van der Waals surface area (Å²) in [6, 6.07) is 5.00. The fourth-order valence-corrected chi connectivity index (χ4v) is 4.08. The summed E-state index contributed by atoms with van der Waals surface area (Å²) in [5, 5.41) is 0. The number of carbonyl (C=O) groups is 1. The number of carbonyl (C=O) groups excluding carboxylic acids is 1. The highest BCUT2D eigenvalue weighted by Gasteiger charge is 2.29. The van der Waals surface area contributed by atoms with Crippen LogP contribution in [0.3, 0.4) is 0 Å². The quantitative estimate of drug-likeness (QED) is 0.882. The molecule has 1 aliphatic heterocycles. The fraction of sp³-hybridized carbons (Fsp3) is 0.588. The number of nitrogens with one attached hydrogen (secondary N) is 1. The number of hydrogen-bond acceptors (Lipinski definition) is 4. The first-order valence-electron chi connectivity index (χ1n) is 8.26. The smallest absolute Gasteiger partial charge is 0.410 e. The zero-order valence-corrected chi connectivity index (χ0v) is 15.6. The maximum Gasteiger partial charge on any atom is 0.410 e. The number of ether oxygens (including phenoxy) is 1. The van der Waals surface area contributed by atoms with E-state index in [0.29, 0.717) is 24.9 Å². The van der Waals surface area contributed by atoms with Gasteiger partial charge in [0.05, 0.1) is 5.75 Å². The van der Waals surface area contributed by atoms with Crippen molar-refractivity contribution in [3.05, 3.63) is 35.6 Å². The Labute approximate surface area is 148 Å². The lowest BCUT2D eigenvalue weighted by Gasteiger charge is -2.34. The average Bonchev–Trinajstić information content (AvgIpc) is 2.47. The van der Waals surface area contributed by atoms with E-state index < -0.39 is 27.5 Å². The Kier molecular flexibility index (Phi) is 6.05. The largest absolute Gasteiger partial charge is 0.444 e. The van der Waals surface area contributed by atoms with Crippen molar-refractivity contribution in [3.63, 3.8) is 0 Å². The molecule has 1 heterocycles. The molecule has 1 amide bonds. The average molecular weight is 372 g/mol. The zero-order valence-electron chi connectivity index (χ0n) is 14.8. The summed E-state index contributed by atoms with van der Waals surface area (Å²) in [6.45, 7) is 6.19. The highest BCUT2D eigenvalue weighted by atomic mass is 32.2. The van der Waals surface area contributed by atoms with Crippen molar-refractivity contribution >= 4 is 16.1 Å². The van der Waals surface area contributed by atoms with Gasteiger partial charge in [0.25, 0.3) is 0 Å². The molecule has 25 heavy (non-hydrogen) atoms. The molecule has 8 heteroatoms. The van der Waals surface area contributed by atoms with Crippen molar-refractivity contribution < 1.29 is 22.3 Å². The second-order valence-corrected chi connectivity index (χ2v) is 9.02. The number of likely N-dealkylation sites (tertiary alicyclic amines) is 1. The lowest BCUT2D eigenvalue weighted by Crippen LogP contribution is -2.50. The number of halogens is 1. The van der Waals surface area contributed by atoms with Crippen LogP contribution in [0.15, 0.2) is 24.3 Å². The molecule has 1 aliphatic rings. The SMILES string of the molecule is CC(C)(C)OC(=O)N1CCCC(NS(=O)(=O)Cc2ccc(F)cc2)C1. The predicted octanol–water partition coefficient (Wildman–Crippen LogP) is 2.64. The Morgan fingerprint density at radius 3 is 2.56 bits per heavy atom. The lowest BCUT2D eigenvalue weighted by atomic mass is 10.1. The van der Waals surface area contributed by atoms with E-state index >= 15 is 0 Å². The Bertz CT molecular complexity index is 698. The molecule has 0 saturated carbocycles. The molecular weight excluding hydrogens is 347 g/mol. The summed E-state index contributed by atoms with van der Waals surface area (Å²) < 4.78 is 45.5. The van der Waals surface area contributed by atoms with E-state index in [0.717, 1.165) is 0 Å². The van der Waals surface area contributed by atoms with E-state index in [1.54, 1.807) is 20.8 Å². The molecule has 0 aliphatic carbocycles. The van der Waals surface area contributed by atoms with E-state index in [-0.39, 0.29) is 18.3 Å². The number of hydrogen-bond donors (Lipinski definition) is 1. The molecule has 1 fully saturated rings. The van der Waals surface area contributed by atoms with Crippen molar-refractivity contribution in [1.82, 2.24) is 9.62 Å². The maximum absolute atomic E-state index is 12.9. The van der Waals surface area contributed by atoms with Gasteiger partial charge in [0.2, 0.25) is 10.0 Å². The highest BCUT2D eigenvalue weighted by Crippen LogP contribution is 2.16. The molecule has 0 bridgehead atoms. The molecule has 1 unspecified atom stereocenters. The maximum atomic E-state index is 12.9. The lowest BCUT2D eigenvalue weighted by molar-refractivity contribution is 0.0195. The van der Waals surface area contributed by atoms with Gasteiger partial charge in [0.1, 0.15) is 11.4 Å². The van der Waals surface area contributed by atoms with E-state index in [1.807, 2.05) is 0 Å². The van der Waals surface area contributed by atoms with Gasteiger partial charge in [-0.25, -0.2) is 22.3 Å². The molecule has 140 valence electrons. The number of sulfonamides is 1. The van der Waals surface area contributed by atoms with Gasteiger partial charge in [-0.1, -0.05) is 12.1 Å². The topological polar surface area (TPSA) is 75.7 Å². The first-order chi connectivity index (χ1) is 11.5. The summed E-state index contributed by atoms with van der Waals surface area (Å²) in [7, 11) is -3.58. The van der Waals surface area contributed by atoms with Crippen LogP contribution in [-0.4, -0.2) is 44.1 Å². The second-order valence-electron chi connectivity index (χ2n) is 7.27. The molecule has 2 rings (SSSR count). The molecular formula is C17H25FN2O4S. The van der Waals surface area contributed by atoms with Crippen LogP contribution >= 0.6 is 0 Å². The molecule has 0 spiro atoms. The van der Waals surface area contributed by atoms with Gasteiger partial charge in [-0.15, -0.1) is 0 Å². The molecule has 1 N–H and O–H groups in total. The predicted molar refractivity (Wildman–Crippen MR) is 93.0 cm³/mol. The monoisotopic (exact) mass is 372 g/mol. The van der Waals surface area contributed by atoms with E-state index in [4.69, 9.17) is 4.74 Å². The second kappa shape index (κ2) is 7.70. The van der Waals surface area contributed by atoms with Crippen LogP contribution in [0.4, 0.5) is 9.18 Å². The van der Waals surface area contributed by atoms with Crippen molar-refractivity contribution in [2.75, 3.05) is 13.1 Å². The van der Waals surface area contributed by atoms with Crippen LogP contribution in [0.1, 0.15) is 39.2 Å². The van der Waals surface area contributed by atoms with Gasteiger partial charge >= 0.3 is 6.09 Å². The molecule has 1 atom stereocenters. The third kappa shape index (κ3) is 6.62. The third-order valence-electron chi connectivity index (χ3n) is 3.69. The first kappa shape index (κ1) is 19.7. The Balaban J connectivity index is 1.94. The van der Waals surface area contributed by atoms with E-state index in [2.05, 4.69) is 4.72 Å². The molecule has 0 aromatic heterocycles. The molecule has 0 radical (unpaired) electrons. The number of piperidine rings is 1. The van der Waals surface area contributed by atoms with E-state index in [9.17, 15) is 17.6 Å². The normalized spacial score (nSPS) is 18.9. The van der Waals surface area contributed by atoms with Crippen LogP contribution in [0, 0.1) is 5.82 Å². The minimum atomic E-state index is -3.58. The Hall–Kier alpha value is -1.67. The fourth-order valence-electron chi connectivity index (χ4n) is 2.66. The van der Waals surface area contributed by atoms with Gasteiger partial charge in [0, 0.05) is 19.1 Å². The van der Waals surface area contributed by atoms with Crippen LogP contribution in [0.2, 0.25) is 0 Å². The Morgan fingerprint density at radius 1 is 1.32 bits per heavy atom. The highest BCUT2D eigenvalue weighted by molar-refractivity contribution is 7.88. The van der Waals surface area contributed by atoms with Crippen LogP contribution in [0.5, 0.6) is 0 Å². The first-order valence-corrected chi connectivity index (χ1v) is 9.92. The van der Waals surface area contributed by atoms with Gasteiger partial charge in [-0.2, -0.15) is 0 Å². The van der Waals surface area contributed by atoms with Gasteiger partial charge in [-0.05, 0) is 51.3 Å². The van der Waals surface area contributed by atoms with Crippen molar-refractivity contribution in [1.29, 1.82) is 0 Å². The molecule has 1 aromatic rings. The van der Waals surface area contributed by atoms with Gasteiger partial charge in [-0.3, -0.25) is 0 Å². The molecule has 6 nitrogen and oxygen atoms in total. The minimum Gasteiger partial charge on any atom is -0.444 e. The summed E-state index contributed by atoms with van der Waals surface area (Å²) >= 11 is 0. The molecule has 1 saturated heterocycles. The minimum absolute atomic E-state index is 0.226. The van der Waals surface area contributed by atoms with Crippen molar-refractivity contribution in [2.24, 2.45) is 0 Å².